The number of nitrogens with two attached hydrogens (primary N) is 1. The number of nitrogens with zero attached hydrogens (tertiary/aromatic N) is 1. The SMILES string of the molecule is CCN(Cc1ccco1)C(C)C(=O)Nc1ccc(N)cc1. The first-order valence-electron chi connectivity index (χ1n) is 7.03. The Morgan fingerprint density at radius 2 is 2.05 bits per heavy atom. The van der Waals surface area contributed by atoms with Gasteiger partial charge in [0, 0.05) is 11.4 Å². The van der Waals surface area contributed by atoms with Crippen LogP contribution in [0.25, 0.3) is 0 Å². The summed E-state index contributed by atoms with van der Waals surface area (Å²) in [7, 11) is 0. The number of likely N-dealkylation sites (N-methyl/N-ethyl adjacent to an activating group) is 1. The molecule has 2 aromatic rings. The zero-order valence-electron chi connectivity index (χ0n) is 12.4. The first-order chi connectivity index (χ1) is 10.1. The minimum Gasteiger partial charge on any atom is -0.468 e. The van der Waals surface area contributed by atoms with E-state index in [2.05, 4.69) is 5.32 Å². The molecule has 0 spiro atoms. The molecule has 1 heterocycles. The molecule has 0 aliphatic rings. The number of amides is 1. The maximum absolute atomic E-state index is 12.3. The summed E-state index contributed by atoms with van der Waals surface area (Å²) in [6, 6.07) is 10.6. The van der Waals surface area contributed by atoms with Crippen molar-refractivity contribution in [2.75, 3.05) is 17.6 Å². The topological polar surface area (TPSA) is 71.5 Å². The van der Waals surface area contributed by atoms with E-state index in [4.69, 9.17) is 10.2 Å². The largest absolute Gasteiger partial charge is 0.468 e. The molecule has 1 atom stereocenters. The van der Waals surface area contributed by atoms with Gasteiger partial charge in [0.2, 0.25) is 5.91 Å². The van der Waals surface area contributed by atoms with E-state index in [0.29, 0.717) is 12.2 Å². The van der Waals surface area contributed by atoms with Crippen LogP contribution in [0.1, 0.15) is 19.6 Å². The van der Waals surface area contributed by atoms with Crippen molar-refractivity contribution in [1.29, 1.82) is 0 Å². The van der Waals surface area contributed by atoms with Crippen LogP contribution in [0.4, 0.5) is 11.4 Å². The number of carbonyl (C=O) groups is 1. The van der Waals surface area contributed by atoms with E-state index in [0.717, 1.165) is 18.0 Å². The van der Waals surface area contributed by atoms with E-state index < -0.39 is 0 Å². The Hall–Kier alpha value is -2.27. The maximum atomic E-state index is 12.3. The fourth-order valence-electron chi connectivity index (χ4n) is 2.10. The molecule has 2 rings (SSSR count). The molecule has 1 amide bonds. The second kappa shape index (κ2) is 6.95. The van der Waals surface area contributed by atoms with Gasteiger partial charge in [-0.2, -0.15) is 0 Å². The fourth-order valence-corrected chi connectivity index (χ4v) is 2.10. The number of furan rings is 1. The summed E-state index contributed by atoms with van der Waals surface area (Å²) < 4.78 is 5.34. The number of nitrogen functional groups attached to an aromatic ring is 1. The van der Waals surface area contributed by atoms with Gasteiger partial charge >= 0.3 is 0 Å². The molecule has 5 nitrogen and oxygen atoms in total. The van der Waals surface area contributed by atoms with Crippen LogP contribution in [0.15, 0.2) is 47.1 Å². The zero-order valence-corrected chi connectivity index (χ0v) is 12.4. The zero-order chi connectivity index (χ0) is 15.2. The third kappa shape index (κ3) is 4.10. The Bertz CT molecular complexity index is 564. The molecule has 0 aliphatic heterocycles. The van der Waals surface area contributed by atoms with Crippen LogP contribution < -0.4 is 11.1 Å². The summed E-state index contributed by atoms with van der Waals surface area (Å²) >= 11 is 0. The predicted molar refractivity (Wildman–Crippen MR) is 83.7 cm³/mol. The molecule has 112 valence electrons. The molecule has 1 aromatic heterocycles. The molecule has 0 bridgehead atoms. The number of benzene rings is 1. The highest BCUT2D eigenvalue weighted by Gasteiger charge is 2.21. The molecular formula is C16H21N3O2. The van der Waals surface area contributed by atoms with Gasteiger partial charge in [-0.15, -0.1) is 0 Å². The lowest BCUT2D eigenvalue weighted by Gasteiger charge is -2.26. The Morgan fingerprint density at radius 3 is 2.62 bits per heavy atom. The number of carbonyl (C=O) groups excluding carboxylic acids is 1. The van der Waals surface area contributed by atoms with Crippen molar-refractivity contribution in [3.05, 3.63) is 48.4 Å². The average molecular weight is 287 g/mol. The lowest BCUT2D eigenvalue weighted by Crippen LogP contribution is -2.41. The molecule has 0 radical (unpaired) electrons. The summed E-state index contributed by atoms with van der Waals surface area (Å²) in [5.74, 6) is 0.803. The summed E-state index contributed by atoms with van der Waals surface area (Å²) in [6.07, 6.45) is 1.64. The Morgan fingerprint density at radius 1 is 1.33 bits per heavy atom. The van der Waals surface area contributed by atoms with E-state index in [9.17, 15) is 4.79 Å². The molecule has 5 heteroatoms. The van der Waals surface area contributed by atoms with Crippen LogP contribution in [0.5, 0.6) is 0 Å². The summed E-state index contributed by atoms with van der Waals surface area (Å²) in [5.41, 5.74) is 7.05. The standard InChI is InChI=1S/C16H21N3O2/c1-3-19(11-15-5-4-10-21-15)12(2)16(20)18-14-8-6-13(17)7-9-14/h4-10,12H,3,11,17H2,1-2H3,(H,18,20). The second-order valence-corrected chi connectivity index (χ2v) is 4.93. The first-order valence-corrected chi connectivity index (χ1v) is 7.03. The van der Waals surface area contributed by atoms with Crippen LogP contribution >= 0.6 is 0 Å². The van der Waals surface area contributed by atoms with Crippen LogP contribution in [-0.4, -0.2) is 23.4 Å². The minimum absolute atomic E-state index is 0.0480. The van der Waals surface area contributed by atoms with Crippen molar-refractivity contribution < 1.29 is 9.21 Å². The number of rotatable bonds is 6. The highest BCUT2D eigenvalue weighted by Crippen LogP contribution is 2.13. The molecule has 21 heavy (non-hydrogen) atoms. The smallest absolute Gasteiger partial charge is 0.241 e. The Kier molecular flexibility index (Phi) is 5.00. The highest BCUT2D eigenvalue weighted by atomic mass is 16.3. The predicted octanol–water partition coefficient (Wildman–Crippen LogP) is 2.71. The average Bonchev–Trinajstić information content (AvgIpc) is 2.99. The third-order valence-electron chi connectivity index (χ3n) is 3.45. The van der Waals surface area contributed by atoms with Gasteiger partial charge in [-0.05, 0) is 49.9 Å². The van der Waals surface area contributed by atoms with Crippen molar-refractivity contribution in [2.24, 2.45) is 0 Å². The molecular weight excluding hydrogens is 266 g/mol. The third-order valence-corrected chi connectivity index (χ3v) is 3.45. The molecule has 3 N–H and O–H groups in total. The summed E-state index contributed by atoms with van der Waals surface area (Å²) in [6.45, 7) is 5.28. The monoisotopic (exact) mass is 287 g/mol. The van der Waals surface area contributed by atoms with Gasteiger partial charge in [0.05, 0.1) is 18.8 Å². The summed E-state index contributed by atoms with van der Waals surface area (Å²) in [4.78, 5) is 14.4. The summed E-state index contributed by atoms with van der Waals surface area (Å²) in [5, 5.41) is 2.90. The van der Waals surface area contributed by atoms with Crippen molar-refractivity contribution in [3.8, 4) is 0 Å². The highest BCUT2D eigenvalue weighted by molar-refractivity contribution is 5.94. The number of hydrogen-bond donors (Lipinski definition) is 2. The maximum Gasteiger partial charge on any atom is 0.241 e. The van der Waals surface area contributed by atoms with Crippen LogP contribution in [0.3, 0.4) is 0 Å². The van der Waals surface area contributed by atoms with Gasteiger partial charge < -0.3 is 15.5 Å². The van der Waals surface area contributed by atoms with Gasteiger partial charge in [-0.25, -0.2) is 0 Å². The lowest BCUT2D eigenvalue weighted by molar-refractivity contribution is -0.121. The number of hydrogen-bond acceptors (Lipinski definition) is 4. The molecule has 0 saturated heterocycles. The van der Waals surface area contributed by atoms with Gasteiger partial charge in [0.1, 0.15) is 5.76 Å². The molecule has 0 fully saturated rings. The Balaban J connectivity index is 1.97. The van der Waals surface area contributed by atoms with Gasteiger partial charge in [-0.1, -0.05) is 6.92 Å². The van der Waals surface area contributed by atoms with Crippen molar-refractivity contribution in [1.82, 2.24) is 4.90 Å². The van der Waals surface area contributed by atoms with E-state index in [1.165, 1.54) is 0 Å². The number of nitrogens with one attached hydrogen (secondary N) is 1. The van der Waals surface area contributed by atoms with E-state index in [-0.39, 0.29) is 11.9 Å². The lowest BCUT2D eigenvalue weighted by atomic mass is 10.2. The van der Waals surface area contributed by atoms with Crippen LogP contribution in [0.2, 0.25) is 0 Å². The quantitative estimate of drug-likeness (QED) is 0.801. The van der Waals surface area contributed by atoms with Crippen LogP contribution in [-0.2, 0) is 11.3 Å². The molecule has 0 aliphatic carbocycles. The second-order valence-electron chi connectivity index (χ2n) is 4.93. The van der Waals surface area contributed by atoms with Crippen LogP contribution in [0, 0.1) is 0 Å². The van der Waals surface area contributed by atoms with Crippen molar-refractivity contribution >= 4 is 17.3 Å². The van der Waals surface area contributed by atoms with E-state index in [1.54, 1.807) is 30.5 Å². The normalized spacial score (nSPS) is 12.3. The molecule has 1 aromatic carbocycles. The van der Waals surface area contributed by atoms with Gasteiger partial charge in [0.25, 0.3) is 0 Å². The van der Waals surface area contributed by atoms with E-state index in [1.807, 2.05) is 30.9 Å². The Labute approximate surface area is 124 Å². The van der Waals surface area contributed by atoms with Gasteiger partial charge in [0.15, 0.2) is 0 Å². The van der Waals surface area contributed by atoms with Gasteiger partial charge in [-0.3, -0.25) is 9.69 Å². The minimum atomic E-state index is -0.252. The number of anilines is 2. The first kappa shape index (κ1) is 15.1. The van der Waals surface area contributed by atoms with E-state index >= 15 is 0 Å². The van der Waals surface area contributed by atoms with Crippen molar-refractivity contribution in [3.63, 3.8) is 0 Å². The van der Waals surface area contributed by atoms with Crippen molar-refractivity contribution in [2.45, 2.75) is 26.4 Å². The fraction of sp³-hybridized carbons (Fsp3) is 0.312. The molecule has 0 saturated carbocycles. The molecule has 1 unspecified atom stereocenters.